The van der Waals surface area contributed by atoms with Gasteiger partial charge in [-0.15, -0.1) is 11.8 Å². The lowest BCUT2D eigenvalue weighted by atomic mass is 10.5. The van der Waals surface area contributed by atoms with E-state index in [1.165, 1.54) is 23.9 Å². The van der Waals surface area contributed by atoms with E-state index in [1.54, 1.807) is 24.3 Å². The summed E-state index contributed by atoms with van der Waals surface area (Å²) in [7, 11) is 0. The third-order valence-corrected chi connectivity index (χ3v) is 2.67. The smallest absolute Gasteiger partial charge is 0.213 e. The van der Waals surface area contributed by atoms with Gasteiger partial charge in [0.1, 0.15) is 4.60 Å². The summed E-state index contributed by atoms with van der Waals surface area (Å²) in [6.07, 6.45) is 1.86. The van der Waals surface area contributed by atoms with Crippen LogP contribution in [-0.4, -0.2) is 16.2 Å². The Kier molecular flexibility index (Phi) is 6.07. The minimum atomic E-state index is -0.459. The molecule has 2 rings (SSSR count). The van der Waals surface area contributed by atoms with Gasteiger partial charge in [0, 0.05) is 0 Å². The van der Waals surface area contributed by atoms with Crippen molar-refractivity contribution in [1.29, 1.82) is 0 Å². The summed E-state index contributed by atoms with van der Waals surface area (Å²) in [4.78, 5) is 7.01. The summed E-state index contributed by atoms with van der Waals surface area (Å²) < 4.78 is 24.8. The summed E-state index contributed by atoms with van der Waals surface area (Å²) >= 11 is 4.44. The molecule has 2 aromatic heterocycles. The Morgan fingerprint density at radius 3 is 1.94 bits per heavy atom. The van der Waals surface area contributed by atoms with Gasteiger partial charge < -0.3 is 0 Å². The van der Waals surface area contributed by atoms with E-state index in [2.05, 4.69) is 25.9 Å². The summed E-state index contributed by atoms with van der Waals surface area (Å²) in [6.45, 7) is 0. The molecule has 0 amide bonds. The lowest BCUT2D eigenvalue weighted by Crippen LogP contribution is -1.81. The van der Waals surface area contributed by atoms with Gasteiger partial charge in [0.2, 0.25) is 11.9 Å². The van der Waals surface area contributed by atoms with Gasteiger partial charge in [-0.1, -0.05) is 12.1 Å². The van der Waals surface area contributed by atoms with Crippen LogP contribution in [0.1, 0.15) is 0 Å². The molecule has 0 saturated carbocycles. The van der Waals surface area contributed by atoms with Crippen LogP contribution in [0.4, 0.5) is 8.78 Å². The number of nitrogens with zero attached hydrogens (tertiary/aromatic N) is 2. The molecular formula is C11H9BrF2N2S. The minimum absolute atomic E-state index is 0.415. The SMILES string of the molecule is CSc1cccc(F)n1.Fc1cccc(Br)n1. The van der Waals surface area contributed by atoms with Crippen LogP contribution >= 0.6 is 27.7 Å². The Hall–Kier alpha value is -1.01. The summed E-state index contributed by atoms with van der Waals surface area (Å²) in [6, 6.07) is 9.31. The fraction of sp³-hybridized carbons (Fsp3) is 0.0909. The monoisotopic (exact) mass is 318 g/mol. The highest BCUT2D eigenvalue weighted by atomic mass is 79.9. The Labute approximate surface area is 111 Å². The van der Waals surface area contributed by atoms with Crippen molar-refractivity contribution in [1.82, 2.24) is 9.97 Å². The van der Waals surface area contributed by atoms with Crippen molar-refractivity contribution in [2.75, 3.05) is 6.26 Å². The van der Waals surface area contributed by atoms with Crippen molar-refractivity contribution in [2.45, 2.75) is 5.03 Å². The number of pyridine rings is 2. The molecule has 0 fully saturated rings. The number of hydrogen-bond acceptors (Lipinski definition) is 3. The summed E-state index contributed by atoms with van der Waals surface area (Å²) in [5, 5.41) is 0.718. The van der Waals surface area contributed by atoms with Crippen LogP contribution in [0.5, 0.6) is 0 Å². The van der Waals surface area contributed by atoms with Crippen molar-refractivity contribution in [2.24, 2.45) is 0 Å². The molecule has 0 spiro atoms. The highest BCUT2D eigenvalue weighted by molar-refractivity contribution is 9.10. The van der Waals surface area contributed by atoms with Crippen molar-refractivity contribution >= 4 is 27.7 Å². The van der Waals surface area contributed by atoms with E-state index in [-0.39, 0.29) is 0 Å². The van der Waals surface area contributed by atoms with Crippen LogP contribution in [0.3, 0.4) is 0 Å². The standard InChI is InChI=1S/C6H6FNS.C5H3BrFN/c1-9-6-4-2-3-5(7)8-6;6-4-2-1-3-5(7)8-4/h2-4H,1H3;1-3H. The van der Waals surface area contributed by atoms with E-state index in [1.807, 2.05) is 6.26 Å². The molecule has 0 aromatic carbocycles. The largest absolute Gasteiger partial charge is 0.213 e. The molecule has 0 aliphatic carbocycles. The fourth-order valence-corrected chi connectivity index (χ4v) is 1.60. The first-order chi connectivity index (χ1) is 8.11. The lowest BCUT2D eigenvalue weighted by molar-refractivity contribution is 0.572. The molecule has 0 aliphatic heterocycles. The lowest BCUT2D eigenvalue weighted by Gasteiger charge is -1.91. The number of thioether (sulfide) groups is 1. The molecule has 2 nitrogen and oxygen atoms in total. The molecule has 0 unspecified atom stereocenters. The zero-order chi connectivity index (χ0) is 12.7. The van der Waals surface area contributed by atoms with Gasteiger partial charge >= 0.3 is 0 Å². The van der Waals surface area contributed by atoms with Gasteiger partial charge in [-0.3, -0.25) is 0 Å². The maximum atomic E-state index is 12.2. The Morgan fingerprint density at radius 2 is 1.59 bits per heavy atom. The molecule has 90 valence electrons. The molecule has 2 aromatic rings. The average molecular weight is 319 g/mol. The quantitative estimate of drug-likeness (QED) is 0.588. The van der Waals surface area contributed by atoms with Crippen LogP contribution in [0.25, 0.3) is 0 Å². The second-order valence-corrected chi connectivity index (χ2v) is 4.42. The first-order valence-corrected chi connectivity index (χ1v) is 6.58. The third-order valence-electron chi connectivity index (χ3n) is 1.58. The van der Waals surface area contributed by atoms with Gasteiger partial charge in [-0.25, -0.2) is 9.97 Å². The molecule has 17 heavy (non-hydrogen) atoms. The second kappa shape index (κ2) is 7.34. The predicted octanol–water partition coefficient (Wildman–Crippen LogP) is 3.93. The van der Waals surface area contributed by atoms with E-state index in [9.17, 15) is 8.78 Å². The molecule has 2 heterocycles. The highest BCUT2D eigenvalue weighted by Gasteiger charge is 1.91. The predicted molar refractivity (Wildman–Crippen MR) is 67.9 cm³/mol. The van der Waals surface area contributed by atoms with Crippen LogP contribution in [-0.2, 0) is 0 Å². The zero-order valence-corrected chi connectivity index (χ0v) is 11.3. The Bertz CT molecular complexity index is 465. The Morgan fingerprint density at radius 1 is 1.00 bits per heavy atom. The normalized spacial score (nSPS) is 9.41. The third kappa shape index (κ3) is 5.74. The first kappa shape index (κ1) is 14.1. The van der Waals surface area contributed by atoms with E-state index in [0.717, 1.165) is 5.03 Å². The molecular weight excluding hydrogens is 310 g/mol. The number of hydrogen-bond donors (Lipinski definition) is 0. The summed E-state index contributed by atoms with van der Waals surface area (Å²) in [5.74, 6) is -0.874. The van der Waals surface area contributed by atoms with E-state index in [0.29, 0.717) is 4.60 Å². The molecule has 0 bridgehead atoms. The number of aromatic nitrogens is 2. The Balaban J connectivity index is 0.000000171. The van der Waals surface area contributed by atoms with Gasteiger partial charge in [0.25, 0.3) is 0 Å². The van der Waals surface area contributed by atoms with Crippen LogP contribution in [0.15, 0.2) is 46.0 Å². The number of rotatable bonds is 1. The maximum Gasteiger partial charge on any atom is 0.213 e. The van der Waals surface area contributed by atoms with Gasteiger partial charge in [-0.2, -0.15) is 8.78 Å². The zero-order valence-electron chi connectivity index (χ0n) is 8.90. The van der Waals surface area contributed by atoms with Gasteiger partial charge in [-0.05, 0) is 46.5 Å². The van der Waals surface area contributed by atoms with Crippen molar-refractivity contribution in [3.05, 3.63) is 52.9 Å². The van der Waals surface area contributed by atoms with Crippen molar-refractivity contribution in [3.63, 3.8) is 0 Å². The second-order valence-electron chi connectivity index (χ2n) is 2.79. The first-order valence-electron chi connectivity index (χ1n) is 4.56. The van der Waals surface area contributed by atoms with E-state index in [4.69, 9.17) is 0 Å². The molecule has 0 saturated heterocycles. The highest BCUT2D eigenvalue weighted by Crippen LogP contribution is 2.09. The summed E-state index contributed by atoms with van der Waals surface area (Å²) in [5.41, 5.74) is 0. The minimum Gasteiger partial charge on any atom is -0.213 e. The van der Waals surface area contributed by atoms with Crippen molar-refractivity contribution < 1.29 is 8.78 Å². The van der Waals surface area contributed by atoms with Gasteiger partial charge in [0.15, 0.2) is 0 Å². The average Bonchev–Trinajstić information content (AvgIpc) is 2.29. The maximum absolute atomic E-state index is 12.2. The van der Waals surface area contributed by atoms with Crippen LogP contribution in [0.2, 0.25) is 0 Å². The fourth-order valence-electron chi connectivity index (χ4n) is 0.887. The molecule has 0 atom stereocenters. The molecule has 6 heteroatoms. The topological polar surface area (TPSA) is 25.8 Å². The van der Waals surface area contributed by atoms with E-state index >= 15 is 0 Å². The molecule has 0 radical (unpaired) electrons. The van der Waals surface area contributed by atoms with Gasteiger partial charge in [0.05, 0.1) is 5.03 Å². The van der Waals surface area contributed by atoms with E-state index < -0.39 is 11.9 Å². The van der Waals surface area contributed by atoms with Crippen LogP contribution < -0.4 is 0 Å². The van der Waals surface area contributed by atoms with Crippen LogP contribution in [0, 0.1) is 11.9 Å². The number of halogens is 3. The van der Waals surface area contributed by atoms with Crippen molar-refractivity contribution in [3.8, 4) is 0 Å². The molecule has 0 aliphatic rings. The molecule has 0 N–H and O–H groups in total.